The number of hydrogen-bond donors (Lipinski definition) is 0. The first-order chi connectivity index (χ1) is 15.7. The Morgan fingerprint density at radius 3 is 1.78 bits per heavy atom. The third-order valence-corrected chi connectivity index (χ3v) is 8.88. The van der Waals surface area contributed by atoms with E-state index in [2.05, 4.69) is 88.7 Å². The summed E-state index contributed by atoms with van der Waals surface area (Å²) >= 11 is 0. The highest BCUT2D eigenvalue weighted by atomic mass is 31.1. The average Bonchev–Trinajstić information content (AvgIpc) is 3.28. The highest BCUT2D eigenvalue weighted by molar-refractivity contribution is 7.61. The third kappa shape index (κ3) is 3.89. The second kappa shape index (κ2) is 9.14. The van der Waals surface area contributed by atoms with Crippen LogP contribution in [0.4, 0.5) is 11.4 Å². The highest BCUT2D eigenvalue weighted by Crippen LogP contribution is 2.54. The summed E-state index contributed by atoms with van der Waals surface area (Å²) in [6.07, 6.45) is 2.86. The quantitative estimate of drug-likeness (QED) is 0.303. The zero-order valence-electron chi connectivity index (χ0n) is 18.2. The van der Waals surface area contributed by atoms with E-state index in [4.69, 9.17) is 0 Å². The Morgan fingerprint density at radius 1 is 0.750 bits per heavy atom. The van der Waals surface area contributed by atoms with Gasteiger partial charge in [0.05, 0.1) is 8.22 Å². The minimum absolute atomic E-state index is 0.142. The van der Waals surface area contributed by atoms with Crippen molar-refractivity contribution in [2.45, 2.75) is 12.8 Å². The molecule has 5 rings (SSSR count). The molecule has 1 aliphatic heterocycles. The number of allylic oxidation sites excluding steroid dienone is 3. The van der Waals surface area contributed by atoms with Crippen molar-refractivity contribution in [3.63, 3.8) is 0 Å². The second-order valence-electron chi connectivity index (χ2n) is 8.14. The molecule has 3 aromatic carbocycles. The Bertz CT molecular complexity index is 1090. The SMILES string of the molecule is C=C1C(=O)C(CCCP2N(c3ccccc3)CCN2c2ccccc2)=C1c1ccccc1. The van der Waals surface area contributed by atoms with Crippen LogP contribution in [0.15, 0.2) is 109 Å². The molecule has 1 heterocycles. The van der Waals surface area contributed by atoms with Gasteiger partial charge in [-0.25, -0.2) is 0 Å². The number of ketones is 1. The fourth-order valence-electron chi connectivity index (χ4n) is 4.63. The molecular formula is C28H27N2OP. The second-order valence-corrected chi connectivity index (χ2v) is 10.3. The van der Waals surface area contributed by atoms with E-state index < -0.39 is 8.22 Å². The molecule has 0 unspecified atom stereocenters. The number of nitrogens with zero attached hydrogens (tertiary/aromatic N) is 2. The van der Waals surface area contributed by atoms with Crippen LogP contribution in [0.25, 0.3) is 5.57 Å². The average molecular weight is 439 g/mol. The van der Waals surface area contributed by atoms with E-state index in [1.165, 1.54) is 11.4 Å². The van der Waals surface area contributed by atoms with Gasteiger partial charge in [-0.1, -0.05) is 73.3 Å². The number of rotatable bonds is 7. The Hall–Kier alpha value is -3.16. The Balaban J connectivity index is 1.36. The van der Waals surface area contributed by atoms with E-state index in [-0.39, 0.29) is 5.78 Å². The Labute approximate surface area is 191 Å². The lowest BCUT2D eigenvalue weighted by Crippen LogP contribution is -2.21. The zero-order chi connectivity index (χ0) is 21.9. The maximum atomic E-state index is 12.6. The lowest BCUT2D eigenvalue weighted by Gasteiger charge is -2.33. The van der Waals surface area contributed by atoms with Crippen LogP contribution >= 0.6 is 8.22 Å². The molecule has 2 aliphatic rings. The van der Waals surface area contributed by atoms with E-state index in [0.29, 0.717) is 5.57 Å². The summed E-state index contributed by atoms with van der Waals surface area (Å²) in [5.41, 5.74) is 6.36. The molecule has 32 heavy (non-hydrogen) atoms. The van der Waals surface area contributed by atoms with Gasteiger partial charge >= 0.3 is 0 Å². The van der Waals surface area contributed by atoms with Gasteiger partial charge in [0, 0.05) is 41.8 Å². The van der Waals surface area contributed by atoms with Crippen LogP contribution < -0.4 is 9.34 Å². The Kier molecular flexibility index (Phi) is 5.92. The summed E-state index contributed by atoms with van der Waals surface area (Å²) < 4.78 is 5.13. The van der Waals surface area contributed by atoms with Gasteiger partial charge in [-0.2, -0.15) is 0 Å². The van der Waals surface area contributed by atoms with Crippen LogP contribution in [0.5, 0.6) is 0 Å². The van der Waals surface area contributed by atoms with Crippen LogP contribution in [0, 0.1) is 0 Å². The number of Topliss-reactive ketones (excluding diaryl/α,β-unsaturated/α-hetero) is 1. The van der Waals surface area contributed by atoms with Gasteiger partial charge in [0.15, 0.2) is 5.78 Å². The molecule has 3 aromatic rings. The molecule has 4 heteroatoms. The van der Waals surface area contributed by atoms with Gasteiger partial charge < -0.3 is 9.34 Å². The maximum absolute atomic E-state index is 12.6. The Morgan fingerprint density at radius 2 is 1.25 bits per heavy atom. The number of para-hydroxylation sites is 2. The monoisotopic (exact) mass is 438 g/mol. The molecular weight excluding hydrogens is 411 g/mol. The van der Waals surface area contributed by atoms with Gasteiger partial charge in [-0.3, -0.25) is 4.79 Å². The van der Waals surface area contributed by atoms with Crippen LogP contribution in [-0.4, -0.2) is 25.0 Å². The molecule has 0 radical (unpaired) electrons. The number of anilines is 2. The van der Waals surface area contributed by atoms with Crippen molar-refractivity contribution in [2.75, 3.05) is 28.6 Å². The summed E-state index contributed by atoms with van der Waals surface area (Å²) in [5.74, 6) is 0.142. The molecule has 0 spiro atoms. The standard InChI is InChI=1S/C28H27N2OP/c1-22-27(23-12-5-2-6-13-23)26(28(22)31)18-11-21-32-29(24-14-7-3-8-15-24)19-20-30(32)25-16-9-4-10-17-25/h2-10,12-17H,1,11,18-21H2. The molecule has 0 N–H and O–H groups in total. The topological polar surface area (TPSA) is 23.6 Å². The van der Waals surface area contributed by atoms with Gasteiger partial charge in [0.1, 0.15) is 0 Å². The zero-order valence-corrected chi connectivity index (χ0v) is 19.0. The van der Waals surface area contributed by atoms with Crippen molar-refractivity contribution in [1.29, 1.82) is 0 Å². The molecule has 0 atom stereocenters. The van der Waals surface area contributed by atoms with Crippen LogP contribution in [0.3, 0.4) is 0 Å². The minimum atomic E-state index is -0.520. The van der Waals surface area contributed by atoms with Crippen molar-refractivity contribution in [3.05, 3.63) is 114 Å². The predicted octanol–water partition coefficient (Wildman–Crippen LogP) is 6.70. The molecule has 0 bridgehead atoms. The van der Waals surface area contributed by atoms with Gasteiger partial charge in [0.25, 0.3) is 0 Å². The highest BCUT2D eigenvalue weighted by Gasteiger charge is 2.35. The molecule has 160 valence electrons. The molecule has 3 nitrogen and oxygen atoms in total. The minimum Gasteiger partial charge on any atom is -0.332 e. The van der Waals surface area contributed by atoms with Crippen LogP contribution in [-0.2, 0) is 4.79 Å². The van der Waals surface area contributed by atoms with Crippen molar-refractivity contribution < 1.29 is 4.79 Å². The molecule has 1 aliphatic carbocycles. The summed E-state index contributed by atoms with van der Waals surface area (Å²) in [7, 11) is -0.520. The fraction of sp³-hybridized carbons (Fsp3) is 0.179. The molecule has 0 saturated carbocycles. The fourth-order valence-corrected chi connectivity index (χ4v) is 7.26. The summed E-state index contributed by atoms with van der Waals surface area (Å²) in [6.45, 7) is 6.07. The van der Waals surface area contributed by atoms with Crippen molar-refractivity contribution in [2.24, 2.45) is 0 Å². The number of hydrogen-bond acceptors (Lipinski definition) is 3. The third-order valence-electron chi connectivity index (χ3n) is 6.19. The van der Waals surface area contributed by atoms with Gasteiger partial charge in [0.2, 0.25) is 0 Å². The summed E-state index contributed by atoms with van der Waals surface area (Å²) in [4.78, 5) is 12.6. The van der Waals surface area contributed by atoms with E-state index in [0.717, 1.165) is 48.8 Å². The number of benzene rings is 3. The van der Waals surface area contributed by atoms with Gasteiger partial charge in [-0.15, -0.1) is 0 Å². The maximum Gasteiger partial charge on any atom is 0.189 e. The van der Waals surface area contributed by atoms with Crippen LogP contribution in [0.1, 0.15) is 18.4 Å². The molecule has 1 saturated heterocycles. The normalized spacial score (nSPS) is 16.6. The largest absolute Gasteiger partial charge is 0.332 e. The van der Waals surface area contributed by atoms with Crippen molar-refractivity contribution >= 4 is 31.0 Å². The van der Waals surface area contributed by atoms with E-state index in [1.807, 2.05) is 18.2 Å². The van der Waals surface area contributed by atoms with E-state index in [9.17, 15) is 4.79 Å². The molecule has 0 aromatic heterocycles. The number of carbonyl (C=O) groups is 1. The lowest BCUT2D eigenvalue weighted by molar-refractivity contribution is -0.112. The summed E-state index contributed by atoms with van der Waals surface area (Å²) in [6, 6.07) is 31.6. The number of carbonyl (C=O) groups excluding carboxylic acids is 1. The smallest absolute Gasteiger partial charge is 0.189 e. The molecule has 0 amide bonds. The first-order valence-corrected chi connectivity index (χ1v) is 12.6. The molecule has 1 fully saturated rings. The van der Waals surface area contributed by atoms with Crippen molar-refractivity contribution in [1.82, 2.24) is 0 Å². The van der Waals surface area contributed by atoms with Crippen LogP contribution in [0.2, 0.25) is 0 Å². The van der Waals surface area contributed by atoms with Crippen molar-refractivity contribution in [3.8, 4) is 0 Å². The van der Waals surface area contributed by atoms with E-state index in [1.54, 1.807) is 0 Å². The first kappa shape index (κ1) is 20.7. The first-order valence-electron chi connectivity index (χ1n) is 11.2. The van der Waals surface area contributed by atoms with Gasteiger partial charge in [-0.05, 0) is 48.2 Å². The predicted molar refractivity (Wildman–Crippen MR) is 136 cm³/mol. The lowest BCUT2D eigenvalue weighted by atomic mass is 9.77. The summed E-state index contributed by atoms with van der Waals surface area (Å²) in [5, 5.41) is 0. The van der Waals surface area contributed by atoms with E-state index >= 15 is 0 Å².